The van der Waals surface area contributed by atoms with Crippen LogP contribution in [0.3, 0.4) is 0 Å². The Kier molecular flexibility index (Phi) is 3.92. The first-order chi connectivity index (χ1) is 8.22. The summed E-state index contributed by atoms with van der Waals surface area (Å²) in [5.74, 6) is 0.156. The highest BCUT2D eigenvalue weighted by Crippen LogP contribution is 2.26. The smallest absolute Gasteiger partial charge is 0.177 e. The van der Waals surface area contributed by atoms with E-state index in [2.05, 4.69) is 4.90 Å². The lowest BCUT2D eigenvalue weighted by molar-refractivity contribution is 0.0906. The van der Waals surface area contributed by atoms with Crippen molar-refractivity contribution in [1.82, 2.24) is 4.90 Å². The highest BCUT2D eigenvalue weighted by molar-refractivity contribution is 5.98. The molecule has 1 aromatic rings. The van der Waals surface area contributed by atoms with Gasteiger partial charge in [-0.2, -0.15) is 0 Å². The van der Waals surface area contributed by atoms with E-state index < -0.39 is 0 Å². The van der Waals surface area contributed by atoms with Crippen LogP contribution in [0.15, 0.2) is 24.3 Å². The molecule has 0 amide bonds. The van der Waals surface area contributed by atoms with Crippen molar-refractivity contribution in [3.8, 4) is 0 Å². The van der Waals surface area contributed by atoms with Gasteiger partial charge in [0.15, 0.2) is 5.78 Å². The topological polar surface area (TPSA) is 40.5 Å². The van der Waals surface area contributed by atoms with Gasteiger partial charge >= 0.3 is 0 Å². The van der Waals surface area contributed by atoms with Gasteiger partial charge < -0.3 is 5.11 Å². The summed E-state index contributed by atoms with van der Waals surface area (Å²) < 4.78 is 0. The normalized spacial score (nSPS) is 15.2. The van der Waals surface area contributed by atoms with Crippen molar-refractivity contribution in [2.75, 3.05) is 19.7 Å². The SMILES string of the molecule is Cc1ccccc1C(=O)CN(CCO)C1CC1. The number of aryl methyl sites for hydroxylation is 1. The molecule has 17 heavy (non-hydrogen) atoms. The fourth-order valence-electron chi connectivity index (χ4n) is 2.11. The third kappa shape index (κ3) is 3.14. The number of benzene rings is 1. The summed E-state index contributed by atoms with van der Waals surface area (Å²) in [6.07, 6.45) is 2.31. The second-order valence-corrected chi connectivity index (χ2v) is 4.66. The molecule has 1 N–H and O–H groups in total. The van der Waals surface area contributed by atoms with E-state index in [4.69, 9.17) is 5.11 Å². The standard InChI is InChI=1S/C14H19NO2/c1-11-4-2-3-5-13(11)14(17)10-15(8-9-16)12-6-7-12/h2-5,12,16H,6-10H2,1H3. The molecule has 0 saturated heterocycles. The van der Waals surface area contributed by atoms with Gasteiger partial charge in [0.2, 0.25) is 0 Å². The molecule has 92 valence electrons. The Morgan fingerprint density at radius 1 is 1.41 bits per heavy atom. The number of hydrogen-bond acceptors (Lipinski definition) is 3. The van der Waals surface area contributed by atoms with Crippen LogP contribution < -0.4 is 0 Å². The molecule has 0 radical (unpaired) electrons. The Labute approximate surface area is 102 Å². The first kappa shape index (κ1) is 12.3. The third-order valence-electron chi connectivity index (χ3n) is 3.24. The van der Waals surface area contributed by atoms with Crippen molar-refractivity contribution >= 4 is 5.78 Å². The number of carbonyl (C=O) groups is 1. The lowest BCUT2D eigenvalue weighted by Gasteiger charge is -2.20. The molecule has 0 spiro atoms. The molecule has 1 fully saturated rings. The molecule has 2 rings (SSSR count). The van der Waals surface area contributed by atoms with Crippen molar-refractivity contribution in [3.63, 3.8) is 0 Å². The van der Waals surface area contributed by atoms with Crippen LogP contribution in [0.2, 0.25) is 0 Å². The van der Waals surface area contributed by atoms with Gasteiger partial charge in [-0.05, 0) is 25.3 Å². The number of aliphatic hydroxyl groups excluding tert-OH is 1. The summed E-state index contributed by atoms with van der Waals surface area (Å²) in [5.41, 5.74) is 1.83. The molecule has 1 aliphatic rings. The van der Waals surface area contributed by atoms with Crippen LogP contribution in [0.1, 0.15) is 28.8 Å². The maximum absolute atomic E-state index is 12.2. The molecule has 1 saturated carbocycles. The largest absolute Gasteiger partial charge is 0.395 e. The molecular weight excluding hydrogens is 214 g/mol. The van der Waals surface area contributed by atoms with E-state index in [1.807, 2.05) is 31.2 Å². The Hall–Kier alpha value is -1.19. The van der Waals surface area contributed by atoms with Crippen molar-refractivity contribution in [2.24, 2.45) is 0 Å². The Morgan fingerprint density at radius 2 is 2.12 bits per heavy atom. The van der Waals surface area contributed by atoms with Crippen LogP contribution in [-0.2, 0) is 0 Å². The van der Waals surface area contributed by atoms with Crippen molar-refractivity contribution < 1.29 is 9.90 Å². The molecule has 0 heterocycles. The molecule has 0 unspecified atom stereocenters. The zero-order valence-electron chi connectivity index (χ0n) is 10.2. The fourth-order valence-corrected chi connectivity index (χ4v) is 2.11. The maximum atomic E-state index is 12.2. The average Bonchev–Trinajstić information content (AvgIpc) is 3.12. The first-order valence-corrected chi connectivity index (χ1v) is 6.16. The molecule has 0 atom stereocenters. The lowest BCUT2D eigenvalue weighted by atomic mass is 10.0. The summed E-state index contributed by atoms with van der Waals surface area (Å²) in [5, 5.41) is 9.00. The number of ketones is 1. The minimum Gasteiger partial charge on any atom is -0.395 e. The second kappa shape index (κ2) is 5.43. The van der Waals surface area contributed by atoms with Crippen LogP contribution in [-0.4, -0.2) is 41.5 Å². The summed E-state index contributed by atoms with van der Waals surface area (Å²) in [6.45, 7) is 3.11. The van der Waals surface area contributed by atoms with Gasteiger partial charge in [-0.3, -0.25) is 9.69 Å². The predicted molar refractivity (Wildman–Crippen MR) is 67.2 cm³/mol. The second-order valence-electron chi connectivity index (χ2n) is 4.66. The number of hydrogen-bond donors (Lipinski definition) is 1. The van der Waals surface area contributed by atoms with Gasteiger partial charge in [0.05, 0.1) is 13.2 Å². The van der Waals surface area contributed by atoms with Crippen molar-refractivity contribution in [2.45, 2.75) is 25.8 Å². The molecule has 3 heteroatoms. The van der Waals surface area contributed by atoms with Crippen LogP contribution in [0.25, 0.3) is 0 Å². The molecule has 1 aromatic carbocycles. The monoisotopic (exact) mass is 233 g/mol. The summed E-state index contributed by atoms with van der Waals surface area (Å²) >= 11 is 0. The van der Waals surface area contributed by atoms with Crippen LogP contribution in [0.4, 0.5) is 0 Å². The molecule has 0 bridgehead atoms. The number of carbonyl (C=O) groups excluding carboxylic acids is 1. The Balaban J connectivity index is 2.02. The van der Waals surface area contributed by atoms with E-state index in [0.717, 1.165) is 24.0 Å². The maximum Gasteiger partial charge on any atom is 0.177 e. The quantitative estimate of drug-likeness (QED) is 0.759. The number of Topliss-reactive ketones (excluding diaryl/α,β-unsaturated/α-hetero) is 1. The highest BCUT2D eigenvalue weighted by atomic mass is 16.3. The van der Waals surface area contributed by atoms with E-state index in [0.29, 0.717) is 19.1 Å². The molecule has 0 aromatic heterocycles. The van der Waals surface area contributed by atoms with E-state index in [1.165, 1.54) is 0 Å². The zero-order chi connectivity index (χ0) is 12.3. The van der Waals surface area contributed by atoms with Crippen molar-refractivity contribution in [1.29, 1.82) is 0 Å². The third-order valence-corrected chi connectivity index (χ3v) is 3.24. The van der Waals surface area contributed by atoms with Gasteiger partial charge in [-0.1, -0.05) is 24.3 Å². The number of rotatable bonds is 6. The summed E-state index contributed by atoms with van der Waals surface area (Å²) in [6, 6.07) is 8.18. The predicted octanol–water partition coefficient (Wildman–Crippen LogP) is 1.63. The highest BCUT2D eigenvalue weighted by Gasteiger charge is 2.30. The van der Waals surface area contributed by atoms with E-state index >= 15 is 0 Å². The van der Waals surface area contributed by atoms with Gasteiger partial charge in [0, 0.05) is 18.2 Å². The minimum atomic E-state index is 0.123. The van der Waals surface area contributed by atoms with Crippen LogP contribution in [0, 0.1) is 6.92 Å². The Morgan fingerprint density at radius 3 is 2.71 bits per heavy atom. The molecule has 0 aliphatic heterocycles. The van der Waals surface area contributed by atoms with E-state index in [1.54, 1.807) is 0 Å². The lowest BCUT2D eigenvalue weighted by Crippen LogP contribution is -2.34. The Bertz CT molecular complexity index is 399. The summed E-state index contributed by atoms with van der Waals surface area (Å²) in [4.78, 5) is 14.3. The molecule has 1 aliphatic carbocycles. The van der Waals surface area contributed by atoms with Gasteiger partial charge in [0.1, 0.15) is 0 Å². The molecular formula is C14H19NO2. The average molecular weight is 233 g/mol. The van der Waals surface area contributed by atoms with E-state index in [9.17, 15) is 4.79 Å². The fraction of sp³-hybridized carbons (Fsp3) is 0.500. The van der Waals surface area contributed by atoms with Crippen molar-refractivity contribution in [3.05, 3.63) is 35.4 Å². The first-order valence-electron chi connectivity index (χ1n) is 6.16. The summed E-state index contributed by atoms with van der Waals surface area (Å²) in [7, 11) is 0. The molecule has 3 nitrogen and oxygen atoms in total. The zero-order valence-corrected chi connectivity index (χ0v) is 10.2. The van der Waals surface area contributed by atoms with Crippen LogP contribution >= 0.6 is 0 Å². The van der Waals surface area contributed by atoms with Gasteiger partial charge in [0.25, 0.3) is 0 Å². The van der Waals surface area contributed by atoms with Crippen LogP contribution in [0.5, 0.6) is 0 Å². The minimum absolute atomic E-state index is 0.123. The number of nitrogens with zero attached hydrogens (tertiary/aromatic N) is 1. The van der Waals surface area contributed by atoms with Gasteiger partial charge in [-0.25, -0.2) is 0 Å². The van der Waals surface area contributed by atoms with Gasteiger partial charge in [-0.15, -0.1) is 0 Å². The van der Waals surface area contributed by atoms with E-state index in [-0.39, 0.29) is 12.4 Å². The number of aliphatic hydroxyl groups is 1.